The molecule has 146 valence electrons. The molecule has 4 aromatic rings. The van der Waals surface area contributed by atoms with Crippen LogP contribution in [0.1, 0.15) is 30.5 Å². The standard InChI is InChI=1S/C24H23FN4/c1-5-17-6-7-18(13-21(17)25)22-14-27-24-23(26-10-11-29(22)24)28-19-8-9-20(15(2)3)16(4)12-19/h6-14H,2,5H2,1,3-4H3,(H,26,28). The van der Waals surface area contributed by atoms with E-state index >= 15 is 0 Å². The van der Waals surface area contributed by atoms with Crippen molar-refractivity contribution in [2.75, 3.05) is 5.32 Å². The summed E-state index contributed by atoms with van der Waals surface area (Å²) in [6.07, 6.45) is 5.97. The lowest BCUT2D eigenvalue weighted by molar-refractivity contribution is 0.612. The lowest BCUT2D eigenvalue weighted by atomic mass is 10.0. The molecule has 0 saturated carbocycles. The highest BCUT2D eigenvalue weighted by Crippen LogP contribution is 2.28. The van der Waals surface area contributed by atoms with Crippen molar-refractivity contribution in [1.29, 1.82) is 0 Å². The number of halogens is 1. The van der Waals surface area contributed by atoms with E-state index in [2.05, 4.69) is 40.9 Å². The van der Waals surface area contributed by atoms with Gasteiger partial charge in [0.25, 0.3) is 0 Å². The van der Waals surface area contributed by atoms with E-state index < -0.39 is 0 Å². The Kier molecular flexibility index (Phi) is 4.89. The first kappa shape index (κ1) is 18.9. The lowest BCUT2D eigenvalue weighted by Crippen LogP contribution is -1.99. The third-order valence-electron chi connectivity index (χ3n) is 5.11. The Bertz CT molecular complexity index is 1220. The number of hydrogen-bond donors (Lipinski definition) is 1. The molecule has 0 unspecified atom stereocenters. The number of rotatable bonds is 5. The van der Waals surface area contributed by atoms with Gasteiger partial charge in [0, 0.05) is 23.6 Å². The van der Waals surface area contributed by atoms with Crippen LogP contribution in [0.3, 0.4) is 0 Å². The molecule has 29 heavy (non-hydrogen) atoms. The first-order valence-corrected chi connectivity index (χ1v) is 9.62. The van der Waals surface area contributed by atoms with Crippen LogP contribution in [0.5, 0.6) is 0 Å². The van der Waals surface area contributed by atoms with Crippen molar-refractivity contribution in [2.24, 2.45) is 0 Å². The van der Waals surface area contributed by atoms with Crippen LogP contribution in [0.25, 0.3) is 22.5 Å². The molecule has 0 amide bonds. The number of allylic oxidation sites excluding steroid dienone is 1. The topological polar surface area (TPSA) is 42.2 Å². The highest BCUT2D eigenvalue weighted by Gasteiger charge is 2.12. The molecule has 0 spiro atoms. The maximum atomic E-state index is 14.3. The van der Waals surface area contributed by atoms with Gasteiger partial charge in [-0.2, -0.15) is 0 Å². The van der Waals surface area contributed by atoms with E-state index in [0.717, 1.165) is 33.6 Å². The van der Waals surface area contributed by atoms with Crippen LogP contribution in [-0.4, -0.2) is 14.4 Å². The van der Waals surface area contributed by atoms with E-state index in [0.29, 0.717) is 23.4 Å². The minimum Gasteiger partial charge on any atom is -0.337 e. The van der Waals surface area contributed by atoms with Crippen LogP contribution >= 0.6 is 0 Å². The van der Waals surface area contributed by atoms with Crippen LogP contribution in [0.4, 0.5) is 15.9 Å². The molecular formula is C24H23FN4. The third kappa shape index (κ3) is 3.51. The summed E-state index contributed by atoms with van der Waals surface area (Å²) in [7, 11) is 0. The molecule has 5 heteroatoms. The van der Waals surface area contributed by atoms with Gasteiger partial charge in [-0.25, -0.2) is 14.4 Å². The number of fused-ring (bicyclic) bond motifs is 1. The molecule has 0 atom stereocenters. The number of aromatic nitrogens is 3. The molecule has 0 radical (unpaired) electrons. The van der Waals surface area contributed by atoms with Gasteiger partial charge in [0.2, 0.25) is 0 Å². The molecule has 4 nitrogen and oxygen atoms in total. The largest absolute Gasteiger partial charge is 0.337 e. The zero-order chi connectivity index (χ0) is 20.5. The summed E-state index contributed by atoms with van der Waals surface area (Å²) in [6, 6.07) is 11.4. The number of benzene rings is 2. The second-order valence-electron chi connectivity index (χ2n) is 7.21. The SMILES string of the molecule is C=C(C)c1ccc(Nc2nccn3c(-c4ccc(CC)c(F)c4)cnc23)cc1C. The zero-order valence-electron chi connectivity index (χ0n) is 16.8. The van der Waals surface area contributed by atoms with Gasteiger partial charge in [-0.3, -0.25) is 4.40 Å². The second-order valence-corrected chi connectivity index (χ2v) is 7.21. The third-order valence-corrected chi connectivity index (χ3v) is 5.11. The maximum absolute atomic E-state index is 14.3. The summed E-state index contributed by atoms with van der Waals surface area (Å²) in [4.78, 5) is 8.99. The Labute approximate surface area is 169 Å². The fourth-order valence-electron chi connectivity index (χ4n) is 3.57. The molecule has 0 aliphatic rings. The van der Waals surface area contributed by atoms with Gasteiger partial charge in [-0.05, 0) is 55.2 Å². The van der Waals surface area contributed by atoms with Crippen molar-refractivity contribution in [1.82, 2.24) is 14.4 Å². The van der Waals surface area contributed by atoms with Gasteiger partial charge >= 0.3 is 0 Å². The number of nitrogens with zero attached hydrogens (tertiary/aromatic N) is 3. The summed E-state index contributed by atoms with van der Waals surface area (Å²) < 4.78 is 16.2. The average Bonchev–Trinajstić information content (AvgIpc) is 3.13. The number of nitrogens with one attached hydrogen (secondary N) is 1. The molecular weight excluding hydrogens is 363 g/mol. The Morgan fingerprint density at radius 2 is 2.00 bits per heavy atom. The number of anilines is 2. The Morgan fingerprint density at radius 1 is 1.17 bits per heavy atom. The van der Waals surface area contributed by atoms with Crippen LogP contribution in [0.15, 0.2) is 61.6 Å². The molecule has 0 fully saturated rings. The van der Waals surface area contributed by atoms with Gasteiger partial charge in [0.1, 0.15) is 5.82 Å². The molecule has 2 aromatic carbocycles. The Hall–Kier alpha value is -3.47. The van der Waals surface area contributed by atoms with E-state index in [-0.39, 0.29) is 5.82 Å². The van der Waals surface area contributed by atoms with Crippen LogP contribution in [0, 0.1) is 12.7 Å². The lowest BCUT2D eigenvalue weighted by Gasteiger charge is -2.11. The summed E-state index contributed by atoms with van der Waals surface area (Å²) in [5.74, 6) is 0.451. The molecule has 0 aliphatic carbocycles. The van der Waals surface area contributed by atoms with Gasteiger partial charge in [-0.15, -0.1) is 0 Å². The van der Waals surface area contributed by atoms with Crippen LogP contribution in [-0.2, 0) is 6.42 Å². The quantitative estimate of drug-likeness (QED) is 0.445. The molecule has 2 heterocycles. The van der Waals surface area contributed by atoms with Gasteiger partial charge in [0.05, 0.1) is 11.9 Å². The average molecular weight is 386 g/mol. The maximum Gasteiger partial charge on any atom is 0.180 e. The zero-order valence-corrected chi connectivity index (χ0v) is 16.8. The number of hydrogen-bond acceptors (Lipinski definition) is 3. The van der Waals surface area contributed by atoms with Crippen molar-refractivity contribution in [3.05, 3.63) is 84.1 Å². The van der Waals surface area contributed by atoms with Crippen molar-refractivity contribution in [3.8, 4) is 11.3 Å². The van der Waals surface area contributed by atoms with Crippen molar-refractivity contribution < 1.29 is 4.39 Å². The monoisotopic (exact) mass is 386 g/mol. The Morgan fingerprint density at radius 3 is 2.69 bits per heavy atom. The Balaban J connectivity index is 1.72. The molecule has 4 rings (SSSR count). The first-order chi connectivity index (χ1) is 14.0. The van der Waals surface area contributed by atoms with E-state index in [1.54, 1.807) is 18.5 Å². The fourth-order valence-corrected chi connectivity index (χ4v) is 3.57. The number of imidazole rings is 1. The minimum absolute atomic E-state index is 0.194. The highest BCUT2D eigenvalue weighted by molar-refractivity contribution is 5.75. The normalized spacial score (nSPS) is 11.0. The minimum atomic E-state index is -0.194. The van der Waals surface area contributed by atoms with Crippen LogP contribution < -0.4 is 5.32 Å². The number of aryl methyl sites for hydroxylation is 2. The summed E-state index contributed by atoms with van der Waals surface area (Å²) >= 11 is 0. The van der Waals surface area contributed by atoms with E-state index in [4.69, 9.17) is 0 Å². The first-order valence-electron chi connectivity index (χ1n) is 9.62. The second kappa shape index (κ2) is 7.51. The van der Waals surface area contributed by atoms with E-state index in [1.165, 1.54) is 0 Å². The van der Waals surface area contributed by atoms with Crippen molar-refractivity contribution >= 4 is 22.7 Å². The molecule has 0 saturated heterocycles. The van der Waals surface area contributed by atoms with Crippen molar-refractivity contribution in [3.63, 3.8) is 0 Å². The van der Waals surface area contributed by atoms with E-state index in [1.807, 2.05) is 42.6 Å². The highest BCUT2D eigenvalue weighted by atomic mass is 19.1. The summed E-state index contributed by atoms with van der Waals surface area (Å²) in [5.41, 5.74) is 7.24. The van der Waals surface area contributed by atoms with Gasteiger partial charge in [-0.1, -0.05) is 37.3 Å². The van der Waals surface area contributed by atoms with Gasteiger partial charge < -0.3 is 5.32 Å². The molecule has 1 N–H and O–H groups in total. The van der Waals surface area contributed by atoms with Crippen LogP contribution in [0.2, 0.25) is 0 Å². The predicted octanol–water partition coefficient (Wildman–Crippen LogP) is 6.18. The summed E-state index contributed by atoms with van der Waals surface area (Å²) in [5, 5.41) is 3.35. The fraction of sp³-hybridized carbons (Fsp3) is 0.167. The predicted molar refractivity (Wildman–Crippen MR) is 117 cm³/mol. The van der Waals surface area contributed by atoms with Gasteiger partial charge in [0.15, 0.2) is 11.5 Å². The molecule has 0 bridgehead atoms. The van der Waals surface area contributed by atoms with E-state index in [9.17, 15) is 4.39 Å². The smallest absolute Gasteiger partial charge is 0.180 e. The summed E-state index contributed by atoms with van der Waals surface area (Å²) in [6.45, 7) is 10.0. The molecule has 0 aliphatic heterocycles. The molecule has 2 aromatic heterocycles. The van der Waals surface area contributed by atoms with Crippen molar-refractivity contribution in [2.45, 2.75) is 27.2 Å².